The summed E-state index contributed by atoms with van der Waals surface area (Å²) in [5.74, 6) is -1.81. The molecule has 27 heavy (non-hydrogen) atoms. The zero-order valence-electron chi connectivity index (χ0n) is 15.5. The topological polar surface area (TPSA) is 51.1 Å². The molecule has 3 rings (SSSR count). The van der Waals surface area contributed by atoms with Gasteiger partial charge in [-0.3, -0.25) is 4.79 Å². The van der Waals surface area contributed by atoms with Gasteiger partial charge in [0.2, 0.25) is 0 Å². The van der Waals surface area contributed by atoms with E-state index in [-0.39, 0.29) is 12.1 Å². The van der Waals surface area contributed by atoms with Crippen molar-refractivity contribution in [1.29, 1.82) is 0 Å². The van der Waals surface area contributed by atoms with Gasteiger partial charge in [0.15, 0.2) is 23.1 Å². The van der Waals surface area contributed by atoms with Crippen molar-refractivity contribution < 1.29 is 23.0 Å². The van der Waals surface area contributed by atoms with Crippen LogP contribution in [0.25, 0.3) is 0 Å². The first kappa shape index (κ1) is 18.8. The molecule has 2 aromatic rings. The zero-order valence-corrected chi connectivity index (χ0v) is 15.5. The van der Waals surface area contributed by atoms with E-state index in [2.05, 4.69) is 5.10 Å². The highest BCUT2D eigenvalue weighted by atomic mass is 19.2. The molecule has 7 heteroatoms. The smallest absolute Gasteiger partial charge is 0.277 e. The van der Waals surface area contributed by atoms with Crippen LogP contribution in [-0.4, -0.2) is 37.4 Å². The van der Waals surface area contributed by atoms with E-state index >= 15 is 0 Å². The molecule has 0 radical (unpaired) electrons. The first-order valence-electron chi connectivity index (χ1n) is 8.36. The normalized spacial score (nSPS) is 15.5. The molecule has 5 nitrogen and oxygen atoms in total. The summed E-state index contributed by atoms with van der Waals surface area (Å²) >= 11 is 0. The molecule has 0 aromatic heterocycles. The van der Waals surface area contributed by atoms with Gasteiger partial charge in [-0.1, -0.05) is 19.9 Å². The number of hydrazone groups is 1. The van der Waals surface area contributed by atoms with Gasteiger partial charge in [-0.25, -0.2) is 13.8 Å². The highest BCUT2D eigenvalue weighted by Crippen LogP contribution is 2.35. The van der Waals surface area contributed by atoms with Crippen LogP contribution in [0.3, 0.4) is 0 Å². The average molecular weight is 374 g/mol. The summed E-state index contributed by atoms with van der Waals surface area (Å²) in [6.45, 7) is 4.10. The van der Waals surface area contributed by atoms with E-state index < -0.39 is 23.0 Å². The molecule has 0 aliphatic carbocycles. The number of ether oxygens (including phenoxy) is 2. The second-order valence-electron chi connectivity index (χ2n) is 6.87. The molecule has 0 unspecified atom stereocenters. The molecule has 1 aliphatic rings. The minimum atomic E-state index is -1.17. The van der Waals surface area contributed by atoms with Crippen molar-refractivity contribution in [2.75, 3.05) is 20.8 Å². The molecule has 0 saturated heterocycles. The van der Waals surface area contributed by atoms with Gasteiger partial charge in [0.05, 0.1) is 32.0 Å². The van der Waals surface area contributed by atoms with E-state index in [9.17, 15) is 13.6 Å². The van der Waals surface area contributed by atoms with Crippen LogP contribution in [0.15, 0.2) is 41.5 Å². The summed E-state index contributed by atoms with van der Waals surface area (Å²) in [5, 5.41) is 5.57. The van der Waals surface area contributed by atoms with Crippen LogP contribution in [0.5, 0.6) is 11.5 Å². The molecule has 0 N–H and O–H groups in total. The van der Waals surface area contributed by atoms with E-state index in [1.165, 1.54) is 24.3 Å². The van der Waals surface area contributed by atoms with Crippen LogP contribution < -0.4 is 9.47 Å². The second-order valence-corrected chi connectivity index (χ2v) is 6.87. The Bertz CT molecular complexity index is 925. The number of amides is 1. The maximum Gasteiger partial charge on any atom is 0.277 e. The SMILES string of the molecule is COc1ccc(C2=NN(C(=O)c3cccc(F)c3F)CC2(C)C)cc1OC. The Kier molecular flexibility index (Phi) is 4.87. The minimum absolute atomic E-state index is 0.242. The van der Waals surface area contributed by atoms with Crippen molar-refractivity contribution in [1.82, 2.24) is 5.01 Å². The van der Waals surface area contributed by atoms with Gasteiger partial charge in [0.1, 0.15) is 0 Å². The summed E-state index contributed by atoms with van der Waals surface area (Å²) in [7, 11) is 3.08. The number of benzene rings is 2. The van der Waals surface area contributed by atoms with E-state index in [0.717, 1.165) is 11.6 Å². The monoisotopic (exact) mass is 374 g/mol. The lowest BCUT2D eigenvalue weighted by Crippen LogP contribution is -2.31. The third kappa shape index (κ3) is 3.37. The van der Waals surface area contributed by atoms with Gasteiger partial charge in [-0.2, -0.15) is 5.10 Å². The molecule has 1 amide bonds. The van der Waals surface area contributed by atoms with Crippen LogP contribution in [0.4, 0.5) is 8.78 Å². The van der Waals surface area contributed by atoms with Crippen LogP contribution in [0.1, 0.15) is 29.8 Å². The highest BCUT2D eigenvalue weighted by Gasteiger charge is 2.38. The molecular weight excluding hydrogens is 354 g/mol. The number of carbonyl (C=O) groups is 1. The summed E-state index contributed by atoms with van der Waals surface area (Å²) in [4.78, 5) is 12.7. The average Bonchev–Trinajstić information content (AvgIpc) is 2.98. The molecule has 0 bridgehead atoms. The standard InChI is InChI=1S/C20H20F2N2O3/c1-20(2)11-24(19(25)13-6-5-7-14(21)17(13)22)23-18(20)12-8-9-15(26-3)16(10-12)27-4/h5-10H,11H2,1-4H3. The molecule has 0 fully saturated rings. The number of hydrogen-bond donors (Lipinski definition) is 0. The summed E-state index contributed by atoms with van der Waals surface area (Å²) < 4.78 is 38.0. The Morgan fingerprint density at radius 3 is 2.48 bits per heavy atom. The predicted molar refractivity (Wildman–Crippen MR) is 97.3 cm³/mol. The maximum absolute atomic E-state index is 14.0. The van der Waals surface area contributed by atoms with Crippen molar-refractivity contribution >= 4 is 11.6 Å². The zero-order chi connectivity index (χ0) is 19.8. The van der Waals surface area contributed by atoms with Gasteiger partial charge in [0.25, 0.3) is 5.91 Å². The van der Waals surface area contributed by atoms with E-state index in [0.29, 0.717) is 17.2 Å². The van der Waals surface area contributed by atoms with Crippen molar-refractivity contribution in [3.63, 3.8) is 0 Å². The third-order valence-electron chi connectivity index (χ3n) is 4.48. The fraction of sp³-hybridized carbons (Fsp3) is 0.300. The predicted octanol–water partition coefficient (Wildman–Crippen LogP) is 3.87. The van der Waals surface area contributed by atoms with Gasteiger partial charge < -0.3 is 9.47 Å². The largest absolute Gasteiger partial charge is 0.493 e. The quantitative estimate of drug-likeness (QED) is 0.816. The Balaban J connectivity index is 1.99. The van der Waals surface area contributed by atoms with Crippen LogP contribution in [-0.2, 0) is 0 Å². The first-order valence-corrected chi connectivity index (χ1v) is 8.36. The minimum Gasteiger partial charge on any atom is -0.493 e. The molecule has 1 heterocycles. The van der Waals surface area contributed by atoms with Crippen molar-refractivity contribution in [3.8, 4) is 11.5 Å². The summed E-state index contributed by atoms with van der Waals surface area (Å²) in [6, 6.07) is 8.86. The van der Waals surface area contributed by atoms with Crippen LogP contribution in [0.2, 0.25) is 0 Å². The van der Waals surface area contributed by atoms with Crippen LogP contribution in [0, 0.1) is 17.0 Å². The Labute approximate surface area is 156 Å². The highest BCUT2D eigenvalue weighted by molar-refractivity contribution is 6.08. The van der Waals surface area contributed by atoms with Gasteiger partial charge in [-0.15, -0.1) is 0 Å². The van der Waals surface area contributed by atoms with Crippen LogP contribution >= 0.6 is 0 Å². The van der Waals surface area contributed by atoms with E-state index in [4.69, 9.17) is 9.47 Å². The number of halogens is 2. The van der Waals surface area contributed by atoms with E-state index in [1.54, 1.807) is 19.2 Å². The van der Waals surface area contributed by atoms with Gasteiger partial charge in [0, 0.05) is 11.0 Å². The third-order valence-corrected chi connectivity index (χ3v) is 4.48. The van der Waals surface area contributed by atoms with Crippen molar-refractivity contribution in [2.45, 2.75) is 13.8 Å². The lowest BCUT2D eigenvalue weighted by molar-refractivity contribution is 0.0748. The molecule has 0 atom stereocenters. The number of rotatable bonds is 4. The Hall–Kier alpha value is -2.96. The number of hydrogen-bond acceptors (Lipinski definition) is 4. The molecule has 2 aromatic carbocycles. The number of nitrogens with zero attached hydrogens (tertiary/aromatic N) is 2. The maximum atomic E-state index is 14.0. The molecular formula is C20H20F2N2O3. The molecule has 0 saturated carbocycles. The van der Waals surface area contributed by atoms with Crippen molar-refractivity contribution in [3.05, 3.63) is 59.2 Å². The summed E-state index contributed by atoms with van der Waals surface area (Å²) in [6.07, 6.45) is 0. The Morgan fingerprint density at radius 2 is 1.81 bits per heavy atom. The van der Waals surface area contributed by atoms with E-state index in [1.807, 2.05) is 19.9 Å². The molecule has 1 aliphatic heterocycles. The lowest BCUT2D eigenvalue weighted by atomic mass is 9.84. The second kappa shape index (κ2) is 6.98. The molecule has 142 valence electrons. The number of methoxy groups -OCH3 is 2. The Morgan fingerprint density at radius 1 is 1.11 bits per heavy atom. The van der Waals surface area contributed by atoms with Gasteiger partial charge in [-0.05, 0) is 30.3 Å². The summed E-state index contributed by atoms with van der Waals surface area (Å²) in [5.41, 5.74) is 0.573. The first-order chi connectivity index (χ1) is 12.8. The fourth-order valence-corrected chi connectivity index (χ4v) is 3.10. The van der Waals surface area contributed by atoms with Crippen molar-refractivity contribution in [2.24, 2.45) is 10.5 Å². The fourth-order valence-electron chi connectivity index (χ4n) is 3.10. The lowest BCUT2D eigenvalue weighted by Gasteiger charge is -2.21. The molecule has 0 spiro atoms. The van der Waals surface area contributed by atoms with Gasteiger partial charge >= 0.3 is 0 Å². The number of carbonyl (C=O) groups excluding carboxylic acids is 1.